The van der Waals surface area contributed by atoms with Crippen molar-refractivity contribution in [2.45, 2.75) is 20.8 Å². The molecular weight excluding hydrogens is 292 g/mol. The summed E-state index contributed by atoms with van der Waals surface area (Å²) in [6.07, 6.45) is 0. The molecule has 1 amide bonds. The first kappa shape index (κ1) is 16.7. The first-order valence-electron chi connectivity index (χ1n) is 7.51. The van der Waals surface area contributed by atoms with Crippen molar-refractivity contribution in [2.24, 2.45) is 0 Å². The molecule has 2 aromatic rings. The molecule has 0 fully saturated rings. The lowest BCUT2D eigenvalue weighted by molar-refractivity contribution is -0.118. The molecule has 0 radical (unpaired) electrons. The number of anilines is 2. The Labute approximate surface area is 136 Å². The number of amides is 1. The maximum Gasteiger partial charge on any atom is 0.262 e. The van der Waals surface area contributed by atoms with Crippen LogP contribution in [0.15, 0.2) is 36.4 Å². The molecule has 0 aromatic heterocycles. The Bertz CT molecular complexity index is 678. The van der Waals surface area contributed by atoms with Gasteiger partial charge in [0.1, 0.15) is 11.5 Å². The van der Waals surface area contributed by atoms with Crippen LogP contribution in [-0.4, -0.2) is 19.1 Å². The summed E-state index contributed by atoms with van der Waals surface area (Å²) in [5.74, 6) is 1.09. The zero-order valence-corrected chi connectivity index (χ0v) is 13.7. The lowest BCUT2D eigenvalue weighted by Gasteiger charge is -2.11. The third-order valence-electron chi connectivity index (χ3n) is 3.17. The molecule has 0 aliphatic rings. The molecule has 5 heteroatoms. The number of benzene rings is 2. The van der Waals surface area contributed by atoms with Gasteiger partial charge in [-0.05, 0) is 56.2 Å². The quantitative estimate of drug-likeness (QED) is 0.802. The number of carbonyl (C=O) groups is 1. The summed E-state index contributed by atoms with van der Waals surface area (Å²) in [5, 5.41) is 2.73. The van der Waals surface area contributed by atoms with Gasteiger partial charge in [0, 0.05) is 6.07 Å². The molecule has 5 nitrogen and oxygen atoms in total. The number of hydrogen-bond donors (Lipinski definition) is 2. The minimum Gasteiger partial charge on any atom is -0.494 e. The predicted molar refractivity (Wildman–Crippen MR) is 92.1 cm³/mol. The van der Waals surface area contributed by atoms with E-state index in [0.29, 0.717) is 29.5 Å². The van der Waals surface area contributed by atoms with Crippen LogP contribution in [0.4, 0.5) is 11.4 Å². The minimum absolute atomic E-state index is 0.0739. The largest absolute Gasteiger partial charge is 0.494 e. The second-order valence-corrected chi connectivity index (χ2v) is 5.34. The van der Waals surface area contributed by atoms with E-state index in [-0.39, 0.29) is 12.5 Å². The summed E-state index contributed by atoms with van der Waals surface area (Å²) in [5.41, 5.74) is 9.10. The Hall–Kier alpha value is -2.69. The van der Waals surface area contributed by atoms with Crippen molar-refractivity contribution in [3.63, 3.8) is 0 Å². The molecule has 0 unspecified atom stereocenters. The Kier molecular flexibility index (Phi) is 5.46. The van der Waals surface area contributed by atoms with Gasteiger partial charge >= 0.3 is 0 Å². The maximum absolute atomic E-state index is 12.0. The van der Waals surface area contributed by atoms with Gasteiger partial charge in [-0.2, -0.15) is 0 Å². The van der Waals surface area contributed by atoms with E-state index in [4.69, 9.17) is 15.2 Å². The third-order valence-corrected chi connectivity index (χ3v) is 3.17. The van der Waals surface area contributed by atoms with Gasteiger partial charge in [0.2, 0.25) is 0 Å². The van der Waals surface area contributed by atoms with Crippen molar-refractivity contribution in [3.8, 4) is 11.5 Å². The number of nitrogens with two attached hydrogens (primary N) is 1. The first-order valence-corrected chi connectivity index (χ1v) is 7.51. The van der Waals surface area contributed by atoms with Crippen LogP contribution in [-0.2, 0) is 4.79 Å². The highest BCUT2D eigenvalue weighted by molar-refractivity contribution is 5.95. The van der Waals surface area contributed by atoms with E-state index < -0.39 is 0 Å². The number of carbonyl (C=O) groups excluding carboxylic acids is 1. The summed E-state index contributed by atoms with van der Waals surface area (Å²) in [6.45, 7) is 6.36. The molecule has 3 N–H and O–H groups in total. The average molecular weight is 314 g/mol. The number of ether oxygens (including phenoxy) is 2. The van der Waals surface area contributed by atoms with E-state index in [1.54, 1.807) is 18.2 Å². The summed E-state index contributed by atoms with van der Waals surface area (Å²) in [7, 11) is 0. The van der Waals surface area contributed by atoms with Crippen LogP contribution in [0.2, 0.25) is 0 Å². The second-order valence-electron chi connectivity index (χ2n) is 5.34. The summed E-state index contributed by atoms with van der Waals surface area (Å²) in [6, 6.07) is 11.0. The molecule has 0 aliphatic carbocycles. The molecule has 0 aliphatic heterocycles. The standard InChI is InChI=1S/C18H22N2O3/c1-4-22-14-5-6-17(16(19)10-14)20-18(21)11-23-15-8-12(2)7-13(3)9-15/h5-10H,4,11,19H2,1-3H3,(H,20,21). The molecule has 2 aromatic carbocycles. The minimum atomic E-state index is -0.264. The Morgan fingerprint density at radius 1 is 1.04 bits per heavy atom. The van der Waals surface area contributed by atoms with Gasteiger partial charge in [0.25, 0.3) is 5.91 Å². The van der Waals surface area contributed by atoms with Gasteiger partial charge in [0.05, 0.1) is 18.0 Å². The Balaban J connectivity index is 1.94. The topological polar surface area (TPSA) is 73.6 Å². The lowest BCUT2D eigenvalue weighted by Crippen LogP contribution is -2.20. The van der Waals surface area contributed by atoms with E-state index in [1.165, 1.54) is 0 Å². The van der Waals surface area contributed by atoms with Gasteiger partial charge in [-0.3, -0.25) is 4.79 Å². The highest BCUT2D eigenvalue weighted by Gasteiger charge is 2.08. The van der Waals surface area contributed by atoms with Crippen LogP contribution in [0.5, 0.6) is 11.5 Å². The summed E-state index contributed by atoms with van der Waals surface area (Å²) < 4.78 is 10.9. The first-order chi connectivity index (χ1) is 11.0. The zero-order chi connectivity index (χ0) is 16.8. The lowest BCUT2D eigenvalue weighted by atomic mass is 10.1. The fourth-order valence-electron chi connectivity index (χ4n) is 2.26. The van der Waals surface area contributed by atoms with Crippen molar-refractivity contribution < 1.29 is 14.3 Å². The molecule has 0 atom stereocenters. The molecule has 2 rings (SSSR count). The third kappa shape index (κ3) is 4.92. The molecular formula is C18H22N2O3. The zero-order valence-electron chi connectivity index (χ0n) is 13.7. The van der Waals surface area contributed by atoms with Gasteiger partial charge in [-0.25, -0.2) is 0 Å². The van der Waals surface area contributed by atoms with E-state index in [9.17, 15) is 4.79 Å². The van der Waals surface area contributed by atoms with Crippen molar-refractivity contribution in [2.75, 3.05) is 24.3 Å². The van der Waals surface area contributed by atoms with Gasteiger partial charge in [-0.15, -0.1) is 0 Å². The number of nitrogens with one attached hydrogen (secondary N) is 1. The van der Waals surface area contributed by atoms with Crippen LogP contribution in [0.1, 0.15) is 18.1 Å². The summed E-state index contributed by atoms with van der Waals surface area (Å²) >= 11 is 0. The number of nitrogen functional groups attached to an aromatic ring is 1. The van der Waals surface area contributed by atoms with E-state index in [1.807, 2.05) is 39.0 Å². The normalized spacial score (nSPS) is 10.2. The smallest absolute Gasteiger partial charge is 0.262 e. The second kappa shape index (κ2) is 7.54. The van der Waals surface area contributed by atoms with Gasteiger partial charge in [0.15, 0.2) is 6.61 Å². The van der Waals surface area contributed by atoms with Crippen LogP contribution in [0, 0.1) is 13.8 Å². The van der Waals surface area contributed by atoms with Crippen molar-refractivity contribution in [3.05, 3.63) is 47.5 Å². The molecule has 0 heterocycles. The highest BCUT2D eigenvalue weighted by Crippen LogP contribution is 2.24. The van der Waals surface area contributed by atoms with Crippen molar-refractivity contribution in [1.82, 2.24) is 0 Å². The maximum atomic E-state index is 12.0. The van der Waals surface area contributed by atoms with Crippen molar-refractivity contribution in [1.29, 1.82) is 0 Å². The molecule has 0 saturated carbocycles. The molecule has 23 heavy (non-hydrogen) atoms. The SMILES string of the molecule is CCOc1ccc(NC(=O)COc2cc(C)cc(C)c2)c(N)c1. The highest BCUT2D eigenvalue weighted by atomic mass is 16.5. The fourth-order valence-corrected chi connectivity index (χ4v) is 2.26. The Morgan fingerprint density at radius 3 is 2.35 bits per heavy atom. The van der Waals surface area contributed by atoms with Gasteiger partial charge in [-0.1, -0.05) is 6.07 Å². The number of rotatable bonds is 6. The fraction of sp³-hybridized carbons (Fsp3) is 0.278. The monoisotopic (exact) mass is 314 g/mol. The van der Waals surface area contributed by atoms with Gasteiger partial charge < -0.3 is 20.5 Å². The van der Waals surface area contributed by atoms with Crippen LogP contribution < -0.4 is 20.5 Å². The molecule has 0 spiro atoms. The van der Waals surface area contributed by atoms with Crippen LogP contribution >= 0.6 is 0 Å². The van der Waals surface area contributed by atoms with Crippen LogP contribution in [0.3, 0.4) is 0 Å². The number of aryl methyl sites for hydroxylation is 2. The Morgan fingerprint density at radius 2 is 1.74 bits per heavy atom. The molecule has 122 valence electrons. The van der Waals surface area contributed by atoms with Crippen LogP contribution in [0.25, 0.3) is 0 Å². The number of hydrogen-bond acceptors (Lipinski definition) is 4. The molecule has 0 bridgehead atoms. The predicted octanol–water partition coefficient (Wildman–Crippen LogP) is 3.30. The summed E-state index contributed by atoms with van der Waals surface area (Å²) in [4.78, 5) is 12.0. The van der Waals surface area contributed by atoms with E-state index >= 15 is 0 Å². The average Bonchev–Trinajstić information content (AvgIpc) is 2.47. The molecule has 0 saturated heterocycles. The van der Waals surface area contributed by atoms with E-state index in [0.717, 1.165) is 11.1 Å². The van der Waals surface area contributed by atoms with E-state index in [2.05, 4.69) is 5.32 Å². The van der Waals surface area contributed by atoms with Crippen molar-refractivity contribution >= 4 is 17.3 Å².